The molecule has 1 amide bonds. The molecule has 0 radical (unpaired) electrons. The molecule has 0 unspecified atom stereocenters. The van der Waals surface area contributed by atoms with Gasteiger partial charge in [-0.1, -0.05) is 102 Å². The zero-order valence-electron chi connectivity index (χ0n) is 54.7. The number of carbonyl (C=O) groups is 4. The number of aliphatic hydroxyl groups excluding tert-OH is 4. The van der Waals surface area contributed by atoms with Gasteiger partial charge >= 0.3 is 12.1 Å². The van der Waals surface area contributed by atoms with Gasteiger partial charge in [0.25, 0.3) is 0 Å². The van der Waals surface area contributed by atoms with Crippen LogP contribution in [0.4, 0.5) is 4.79 Å². The molecular formula is C65H84IN3O23S3. The van der Waals surface area contributed by atoms with Crippen LogP contribution in [-0.2, 0) is 57.1 Å². The molecule has 4 aliphatic heterocycles. The number of thioether (sulfide) groups is 1. The quantitative estimate of drug-likeness (QED) is 0.0135. The molecule has 2 aliphatic carbocycles. The van der Waals surface area contributed by atoms with Crippen molar-refractivity contribution < 1.29 is 111 Å². The van der Waals surface area contributed by atoms with Gasteiger partial charge in [-0.2, -0.15) is 5.48 Å². The van der Waals surface area contributed by atoms with E-state index >= 15 is 0 Å². The number of benzene rings is 2. The third kappa shape index (κ3) is 18.3. The number of allylic oxidation sites excluding steroid dienone is 3. The first kappa shape index (κ1) is 76.2. The van der Waals surface area contributed by atoms with Crippen LogP contribution in [-0.4, -0.2) is 235 Å². The maximum Gasteiger partial charge on any atom is 0.411 e. The lowest BCUT2D eigenvalue weighted by atomic mass is 9.75. The smallest absolute Gasteiger partial charge is 0.411 e. The minimum atomic E-state index is -2.10. The number of nitrogens with one attached hydrogen (secondary N) is 2. The summed E-state index contributed by atoms with van der Waals surface area (Å²) in [5, 5.41) is 60.1. The molecule has 2 aromatic carbocycles. The second-order valence-electron chi connectivity index (χ2n) is 23.2. The van der Waals surface area contributed by atoms with Crippen molar-refractivity contribution in [1.29, 1.82) is 0 Å². The number of hydroxylamine groups is 1. The average molecular weight is 1500 g/mol. The monoisotopic (exact) mass is 1500 g/mol. The van der Waals surface area contributed by atoms with Crippen LogP contribution in [0, 0.1) is 34.2 Å². The second-order valence-corrected chi connectivity index (χ2v) is 28.5. The van der Waals surface area contributed by atoms with E-state index in [4.69, 9.17) is 66.4 Å². The number of hydrogen-bond donors (Lipinski definition) is 7. The number of fused-ring (bicyclic) bond motifs is 2. The second kappa shape index (κ2) is 34.9. The van der Waals surface area contributed by atoms with Gasteiger partial charge in [0, 0.05) is 49.2 Å². The van der Waals surface area contributed by atoms with Gasteiger partial charge < -0.3 is 87.1 Å². The SMILES string of the molecule is CCN(CC(=O)Oc1ccccc1)[C@H]1CO[C@@H](O[C@H]2[C@H](O[C@H]3C#C/C=C\C#C[C@]4(O)CC(=O)C(NC(=O)OC)=C3/C4=C\CSSC(C)C)O[C@H](C)[C@@H](NO[C@H]3C[C@H](O)[C@H](SC(=O)c4c(C)c(I)c(O[C@@H]5O[C@@H](C)[C@H](O)[C@@H](OC)[C@H]5O)c(OC)c4OC)[C@@H](C)O3)[C@@H]2O)C[C@@H]1OC. The number of halogens is 1. The van der Waals surface area contributed by atoms with E-state index in [0.717, 1.165) is 18.9 Å². The van der Waals surface area contributed by atoms with E-state index in [2.05, 4.69) is 34.5 Å². The highest BCUT2D eigenvalue weighted by Crippen LogP contribution is 2.49. The normalized spacial score (nSPS) is 33.1. The van der Waals surface area contributed by atoms with Gasteiger partial charge in [-0.15, -0.1) is 0 Å². The third-order valence-electron chi connectivity index (χ3n) is 16.6. The van der Waals surface area contributed by atoms with Crippen molar-refractivity contribution in [2.45, 2.75) is 188 Å². The summed E-state index contributed by atoms with van der Waals surface area (Å²) >= 11 is 2.80. The molecule has 0 spiro atoms. The Labute approximate surface area is 578 Å². The highest BCUT2D eigenvalue weighted by atomic mass is 127. The Hall–Kier alpha value is -4.60. The molecule has 6 aliphatic rings. The molecule has 2 aromatic rings. The van der Waals surface area contributed by atoms with Crippen LogP contribution in [0.15, 0.2) is 65.4 Å². The summed E-state index contributed by atoms with van der Waals surface area (Å²) in [4.78, 5) is 63.2. The maximum absolute atomic E-state index is 14.5. The van der Waals surface area contributed by atoms with Crippen molar-refractivity contribution in [2.24, 2.45) is 0 Å². The molecule has 30 heteroatoms. The number of carbonyl (C=O) groups excluding carboxylic acids is 4. The third-order valence-corrected chi connectivity index (χ3v) is 22.1. The number of methoxy groups -OCH3 is 5. The largest absolute Gasteiger partial charge is 0.492 e. The molecule has 4 fully saturated rings. The fourth-order valence-corrected chi connectivity index (χ4v) is 15.4. The molecule has 0 aromatic heterocycles. The Balaban J connectivity index is 1.04. The van der Waals surface area contributed by atoms with E-state index in [0.29, 0.717) is 27.2 Å². The lowest BCUT2D eigenvalue weighted by Gasteiger charge is -2.47. The molecule has 4 saturated heterocycles. The minimum Gasteiger partial charge on any atom is -0.492 e. The van der Waals surface area contributed by atoms with Crippen LogP contribution in [0.1, 0.15) is 76.7 Å². The predicted molar refractivity (Wildman–Crippen MR) is 357 cm³/mol. The highest BCUT2D eigenvalue weighted by molar-refractivity contribution is 14.1. The van der Waals surface area contributed by atoms with Crippen molar-refractivity contribution in [1.82, 2.24) is 15.7 Å². The standard InChI is InChI=1S/C65H84IN3O23S3/c1-13-69(30-44(72)88-37-21-17-16-18-22-37)39-31-84-45(28-43(39)79-8)90-58-53(74)50(34(5)86-63(58)89-42-23-19-14-15-20-25-65(78)29-41(71)51(67-64(77)83-12)48(42)38(65)24-26-93-95-32(2)3)68-92-46-27-40(70)60(36(7)85-46)94-61(76)47-33(4)49(66)56(59(82-11)55(47)80-9)91-62-54(75)57(81-10)52(73)35(6)87-62/h14-18,21-22,24,32,34-36,39-40,42-43,45-46,50,52-54,57-58,60,62-63,68,70,73-75,78H,13,26-31H2,1-12H3,(H,67,77)/b15-14-,38-24+/t34-,35+,36-,39+,40+,42+,43+,45+,46+,50-,52+,53+,54-,57-,58-,60-,62+,63+,65+/m1/s1. The molecule has 0 saturated carbocycles. The van der Waals surface area contributed by atoms with Gasteiger partial charge in [0.05, 0.1) is 104 Å². The minimum absolute atomic E-state index is 0.0113. The molecule has 522 valence electrons. The molecule has 7 N–H and O–H groups in total. The fourth-order valence-electron chi connectivity index (χ4n) is 11.7. The molecular weight excluding hydrogens is 1410 g/mol. The Morgan fingerprint density at radius 3 is 2.24 bits per heavy atom. The van der Waals surface area contributed by atoms with Gasteiger partial charge in [-0.25, -0.2) is 4.79 Å². The highest BCUT2D eigenvalue weighted by Gasteiger charge is 2.52. The number of nitrogens with zero attached hydrogens (tertiary/aromatic N) is 1. The topological polar surface area (TPSA) is 326 Å². The molecule has 19 atom stereocenters. The number of Topliss-reactive ketones (excluding diaryl/α,β-unsaturated/α-hetero) is 1. The number of aliphatic hydroxyl groups is 5. The Morgan fingerprint density at radius 2 is 1.58 bits per heavy atom. The lowest BCUT2D eigenvalue weighted by molar-refractivity contribution is -0.337. The Morgan fingerprint density at radius 1 is 0.863 bits per heavy atom. The Bertz CT molecular complexity index is 3240. The van der Waals surface area contributed by atoms with Crippen LogP contribution in [0.5, 0.6) is 23.0 Å². The fraction of sp³-hybridized carbons (Fsp3) is 0.600. The predicted octanol–water partition coefficient (Wildman–Crippen LogP) is 4.65. The number of esters is 1. The van der Waals surface area contributed by atoms with Crippen molar-refractivity contribution in [3.05, 3.63) is 80.1 Å². The van der Waals surface area contributed by atoms with Gasteiger partial charge in [-0.05, 0) is 86.7 Å². The van der Waals surface area contributed by atoms with Gasteiger partial charge in [-0.3, -0.25) is 29.4 Å². The van der Waals surface area contributed by atoms with Crippen LogP contribution in [0.2, 0.25) is 0 Å². The number of likely N-dealkylation sites (N-methyl/N-ethyl adjacent to an activating group) is 1. The Kier molecular flexibility index (Phi) is 28.0. The van der Waals surface area contributed by atoms with Crippen molar-refractivity contribution in [3.63, 3.8) is 0 Å². The summed E-state index contributed by atoms with van der Waals surface area (Å²) < 4.78 is 79.0. The number of rotatable bonds is 25. The molecule has 8 rings (SSSR count). The number of ketones is 1. The number of alkyl carbamates (subject to hydrolysis) is 1. The van der Waals surface area contributed by atoms with Crippen LogP contribution < -0.4 is 29.7 Å². The summed E-state index contributed by atoms with van der Waals surface area (Å²) in [6, 6.07) is 7.06. The van der Waals surface area contributed by atoms with Gasteiger partial charge in [0.2, 0.25) is 17.2 Å². The van der Waals surface area contributed by atoms with Crippen molar-refractivity contribution in [2.75, 3.05) is 61.0 Å². The summed E-state index contributed by atoms with van der Waals surface area (Å²) in [6.07, 6.45) is -15.0. The number of hydrogen-bond acceptors (Lipinski definition) is 28. The van der Waals surface area contributed by atoms with Crippen molar-refractivity contribution >= 4 is 78.9 Å². The first-order chi connectivity index (χ1) is 45.4. The summed E-state index contributed by atoms with van der Waals surface area (Å²) in [5.74, 6) is 11.2. The van der Waals surface area contributed by atoms with Crippen LogP contribution in [0.25, 0.3) is 0 Å². The van der Waals surface area contributed by atoms with Crippen LogP contribution in [0.3, 0.4) is 0 Å². The van der Waals surface area contributed by atoms with E-state index in [1.807, 2.05) is 54.3 Å². The number of amides is 1. The zero-order valence-corrected chi connectivity index (χ0v) is 59.3. The van der Waals surface area contributed by atoms with E-state index in [-0.39, 0.29) is 70.9 Å². The molecule has 95 heavy (non-hydrogen) atoms. The van der Waals surface area contributed by atoms with E-state index in [1.54, 1.807) is 68.8 Å². The first-order valence-corrected chi connectivity index (χ1v) is 35.2. The lowest BCUT2D eigenvalue weighted by Crippen LogP contribution is -2.65. The van der Waals surface area contributed by atoms with E-state index in [9.17, 15) is 44.7 Å². The average Bonchev–Trinajstić information content (AvgIpc) is 0.760. The van der Waals surface area contributed by atoms with Gasteiger partial charge in [0.15, 0.2) is 41.8 Å². The number of ether oxygens (including phenoxy) is 13. The molecule has 2 bridgehead atoms. The van der Waals surface area contributed by atoms with Crippen LogP contribution >= 0.6 is 55.9 Å². The zero-order chi connectivity index (χ0) is 69.0. The maximum atomic E-state index is 14.5. The number of para-hydroxylation sites is 1. The van der Waals surface area contributed by atoms with Crippen molar-refractivity contribution in [3.8, 4) is 46.7 Å². The van der Waals surface area contributed by atoms with E-state index < -0.39 is 145 Å². The first-order valence-electron chi connectivity index (χ1n) is 30.8. The summed E-state index contributed by atoms with van der Waals surface area (Å²) in [5.41, 5.74) is 1.14. The molecule has 26 nitrogen and oxygen atoms in total. The summed E-state index contributed by atoms with van der Waals surface area (Å²) in [7, 11) is 9.77. The summed E-state index contributed by atoms with van der Waals surface area (Å²) in [6.45, 7) is 12.8. The molecule has 4 heterocycles. The van der Waals surface area contributed by atoms with Gasteiger partial charge in [0.1, 0.15) is 42.4 Å². The van der Waals surface area contributed by atoms with E-state index in [1.165, 1.54) is 51.4 Å².